The van der Waals surface area contributed by atoms with Gasteiger partial charge in [0.2, 0.25) is 0 Å². The molecule has 0 aliphatic carbocycles. The third-order valence-electron chi connectivity index (χ3n) is 2.74. The molecule has 0 aromatic heterocycles. The first-order valence-corrected chi connectivity index (χ1v) is 5.18. The molecule has 1 aliphatic rings. The van der Waals surface area contributed by atoms with E-state index in [9.17, 15) is 8.78 Å². The fourth-order valence-corrected chi connectivity index (χ4v) is 1.68. The van der Waals surface area contributed by atoms with Gasteiger partial charge in [-0.25, -0.2) is 8.78 Å². The Morgan fingerprint density at radius 1 is 1.25 bits per heavy atom. The Kier molecular flexibility index (Phi) is 2.77. The highest BCUT2D eigenvalue weighted by Crippen LogP contribution is 2.25. The van der Waals surface area contributed by atoms with Crippen molar-refractivity contribution in [3.8, 4) is 0 Å². The lowest BCUT2D eigenvalue weighted by Crippen LogP contribution is -2.21. The largest absolute Gasteiger partial charge is 0.359 e. The van der Waals surface area contributed by atoms with Crippen LogP contribution >= 0.6 is 0 Å². The van der Waals surface area contributed by atoms with Crippen LogP contribution in [-0.4, -0.2) is 0 Å². The van der Waals surface area contributed by atoms with Gasteiger partial charge >= 0.3 is 0 Å². The second-order valence-corrected chi connectivity index (χ2v) is 4.06. The highest BCUT2D eigenvalue weighted by Gasteiger charge is 2.15. The molecular formula is C13H13F2N. The van der Waals surface area contributed by atoms with Crippen molar-refractivity contribution < 1.29 is 8.78 Å². The quantitative estimate of drug-likeness (QED) is 0.765. The Labute approximate surface area is 93.5 Å². The molecule has 0 fully saturated rings. The molecule has 0 spiro atoms. The predicted molar refractivity (Wildman–Crippen MR) is 60.4 cm³/mol. The van der Waals surface area contributed by atoms with Crippen LogP contribution in [0, 0.1) is 17.6 Å². The molecule has 0 saturated heterocycles. The monoisotopic (exact) mass is 221 g/mol. The summed E-state index contributed by atoms with van der Waals surface area (Å²) >= 11 is 0. The highest BCUT2D eigenvalue weighted by molar-refractivity contribution is 5.66. The minimum atomic E-state index is -0.568. The van der Waals surface area contributed by atoms with E-state index in [2.05, 4.69) is 18.8 Å². The smallest absolute Gasteiger partial charge is 0.126 e. The molecule has 1 heterocycles. The lowest BCUT2D eigenvalue weighted by Gasteiger charge is -2.23. The van der Waals surface area contributed by atoms with Gasteiger partial charge in [0.15, 0.2) is 0 Å². The van der Waals surface area contributed by atoms with Gasteiger partial charge < -0.3 is 5.32 Å². The maximum atomic E-state index is 13.0. The molecule has 1 aromatic carbocycles. The van der Waals surface area contributed by atoms with Crippen LogP contribution in [0.5, 0.6) is 0 Å². The summed E-state index contributed by atoms with van der Waals surface area (Å²) in [5, 5.41) is 3.07. The van der Waals surface area contributed by atoms with E-state index in [0.717, 1.165) is 23.9 Å². The van der Waals surface area contributed by atoms with Crippen LogP contribution in [0.4, 0.5) is 8.78 Å². The summed E-state index contributed by atoms with van der Waals surface area (Å²) in [6, 6.07) is 3.49. The molecule has 2 rings (SSSR count). The summed E-state index contributed by atoms with van der Waals surface area (Å²) in [5.41, 5.74) is 2.12. The normalized spacial score (nSPS) is 20.3. The van der Waals surface area contributed by atoms with E-state index in [-0.39, 0.29) is 0 Å². The topological polar surface area (TPSA) is 12.0 Å². The summed E-state index contributed by atoms with van der Waals surface area (Å²) < 4.78 is 26.1. The molecule has 16 heavy (non-hydrogen) atoms. The van der Waals surface area contributed by atoms with Gasteiger partial charge in [-0.15, -0.1) is 0 Å². The third-order valence-corrected chi connectivity index (χ3v) is 2.74. The van der Waals surface area contributed by atoms with Crippen LogP contribution in [0.25, 0.3) is 5.70 Å². The van der Waals surface area contributed by atoms with Crippen LogP contribution in [0.15, 0.2) is 36.6 Å². The Hall–Kier alpha value is -1.64. The van der Waals surface area contributed by atoms with Gasteiger partial charge in [-0.1, -0.05) is 19.6 Å². The van der Waals surface area contributed by atoms with E-state index in [1.54, 1.807) is 0 Å². The fraction of sp³-hybridized carbons (Fsp3) is 0.231. The van der Waals surface area contributed by atoms with E-state index in [4.69, 9.17) is 0 Å². The summed E-state index contributed by atoms with van der Waals surface area (Å²) in [4.78, 5) is 0. The third kappa shape index (κ3) is 2.13. The molecule has 0 bridgehead atoms. The number of benzene rings is 1. The summed E-state index contributed by atoms with van der Waals surface area (Å²) in [5.74, 6) is -0.786. The maximum absolute atomic E-state index is 13.0. The molecule has 0 saturated carbocycles. The van der Waals surface area contributed by atoms with Gasteiger partial charge in [0, 0.05) is 23.0 Å². The van der Waals surface area contributed by atoms with Crippen LogP contribution in [0.1, 0.15) is 18.9 Å². The van der Waals surface area contributed by atoms with Crippen LogP contribution in [0.3, 0.4) is 0 Å². The Morgan fingerprint density at radius 2 is 1.88 bits per heavy atom. The molecule has 84 valence electrons. The Balaban J connectivity index is 2.34. The lowest BCUT2D eigenvalue weighted by atomic mass is 9.97. The second kappa shape index (κ2) is 4.08. The Morgan fingerprint density at radius 3 is 2.44 bits per heavy atom. The first-order chi connectivity index (χ1) is 7.56. The summed E-state index contributed by atoms with van der Waals surface area (Å²) in [6.45, 7) is 5.93. The van der Waals surface area contributed by atoms with E-state index < -0.39 is 11.6 Å². The minimum Gasteiger partial charge on any atom is -0.359 e. The van der Waals surface area contributed by atoms with Crippen molar-refractivity contribution in [3.05, 3.63) is 53.7 Å². The zero-order valence-corrected chi connectivity index (χ0v) is 9.06. The van der Waals surface area contributed by atoms with Gasteiger partial charge in [0.1, 0.15) is 11.6 Å². The number of hydrogen-bond donors (Lipinski definition) is 1. The standard InChI is InChI=1S/C13H13F2N/c1-8-3-4-13(16-9(8)2)10-5-11(14)7-12(15)6-10/h4-8,16H,2-3H2,1H3. The minimum absolute atomic E-state index is 0.349. The van der Waals surface area contributed by atoms with E-state index >= 15 is 0 Å². The van der Waals surface area contributed by atoms with Gasteiger partial charge in [-0.3, -0.25) is 0 Å². The summed E-state index contributed by atoms with van der Waals surface area (Å²) in [6.07, 6.45) is 2.77. The first kappa shape index (κ1) is 10.9. The zero-order chi connectivity index (χ0) is 11.7. The number of allylic oxidation sites excluding steroid dienone is 2. The van der Waals surface area contributed by atoms with E-state index in [1.165, 1.54) is 12.1 Å². The van der Waals surface area contributed by atoms with E-state index in [1.807, 2.05) is 6.08 Å². The van der Waals surface area contributed by atoms with Crippen LogP contribution in [0.2, 0.25) is 0 Å². The SMILES string of the molecule is C=C1NC(c2cc(F)cc(F)c2)=CCC1C. The van der Waals surface area contributed by atoms with Crippen molar-refractivity contribution in [2.75, 3.05) is 0 Å². The average molecular weight is 221 g/mol. The predicted octanol–water partition coefficient (Wildman–Crippen LogP) is 3.45. The van der Waals surface area contributed by atoms with Crippen molar-refractivity contribution in [1.82, 2.24) is 5.32 Å². The molecule has 1 aromatic rings. The highest BCUT2D eigenvalue weighted by atomic mass is 19.1. The van der Waals surface area contributed by atoms with Gasteiger partial charge in [0.05, 0.1) is 0 Å². The first-order valence-electron chi connectivity index (χ1n) is 5.18. The number of rotatable bonds is 1. The van der Waals surface area contributed by atoms with Gasteiger partial charge in [-0.05, 0) is 24.5 Å². The molecule has 1 unspecified atom stereocenters. The van der Waals surface area contributed by atoms with Crippen molar-refractivity contribution in [2.24, 2.45) is 5.92 Å². The van der Waals surface area contributed by atoms with Crippen LogP contribution < -0.4 is 5.32 Å². The molecule has 1 nitrogen and oxygen atoms in total. The van der Waals surface area contributed by atoms with Crippen LogP contribution in [-0.2, 0) is 0 Å². The number of halogens is 2. The number of hydrogen-bond acceptors (Lipinski definition) is 1. The average Bonchev–Trinajstić information content (AvgIpc) is 2.20. The van der Waals surface area contributed by atoms with Crippen molar-refractivity contribution >= 4 is 5.70 Å². The van der Waals surface area contributed by atoms with Crippen molar-refractivity contribution in [1.29, 1.82) is 0 Å². The molecule has 0 amide bonds. The maximum Gasteiger partial charge on any atom is 0.126 e. The molecular weight excluding hydrogens is 208 g/mol. The second-order valence-electron chi connectivity index (χ2n) is 4.06. The van der Waals surface area contributed by atoms with Crippen molar-refractivity contribution in [2.45, 2.75) is 13.3 Å². The molecule has 1 aliphatic heterocycles. The zero-order valence-electron chi connectivity index (χ0n) is 9.06. The number of nitrogens with one attached hydrogen (secondary N) is 1. The van der Waals surface area contributed by atoms with Gasteiger partial charge in [-0.2, -0.15) is 0 Å². The fourth-order valence-electron chi connectivity index (χ4n) is 1.68. The molecule has 3 heteroatoms. The molecule has 1 N–H and O–H groups in total. The molecule has 0 radical (unpaired) electrons. The van der Waals surface area contributed by atoms with Gasteiger partial charge in [0.25, 0.3) is 0 Å². The molecule has 1 atom stereocenters. The Bertz CT molecular complexity index is 443. The lowest BCUT2D eigenvalue weighted by molar-refractivity contribution is 0.581. The van der Waals surface area contributed by atoms with E-state index in [0.29, 0.717) is 11.5 Å². The summed E-state index contributed by atoms with van der Waals surface area (Å²) in [7, 11) is 0. The van der Waals surface area contributed by atoms with Crippen molar-refractivity contribution in [3.63, 3.8) is 0 Å².